The number of rotatable bonds is 4. The second-order valence-corrected chi connectivity index (χ2v) is 9.17. The Kier molecular flexibility index (Phi) is 5.88. The number of nitrogens with zero attached hydrogens (tertiary/aromatic N) is 4. The van der Waals surface area contributed by atoms with Gasteiger partial charge in [0.25, 0.3) is 0 Å². The van der Waals surface area contributed by atoms with Gasteiger partial charge in [0.2, 0.25) is 0 Å². The largest absolute Gasteiger partial charge is 0.376 e. The van der Waals surface area contributed by atoms with Gasteiger partial charge in [0, 0.05) is 42.7 Å². The third-order valence-electron chi connectivity index (χ3n) is 6.04. The van der Waals surface area contributed by atoms with Crippen LogP contribution in [0.15, 0.2) is 22.2 Å². The summed E-state index contributed by atoms with van der Waals surface area (Å²) in [6.07, 6.45) is 6.99. The van der Waals surface area contributed by atoms with Gasteiger partial charge < -0.3 is 20.7 Å². The lowest BCUT2D eigenvalue weighted by Crippen LogP contribution is -2.50. The van der Waals surface area contributed by atoms with Crippen molar-refractivity contribution in [2.75, 3.05) is 37.0 Å². The number of aryl methyl sites for hydroxylation is 1. The second kappa shape index (κ2) is 8.26. The maximum Gasteiger partial charge on any atom is 0.157 e. The average Bonchev–Trinajstić information content (AvgIpc) is 3.00. The fourth-order valence-corrected chi connectivity index (χ4v) is 5.20. The van der Waals surface area contributed by atoms with E-state index in [4.69, 9.17) is 27.1 Å². The Morgan fingerprint density at radius 2 is 2.17 bits per heavy atom. The topological polar surface area (TPSA) is 89.2 Å². The van der Waals surface area contributed by atoms with Crippen molar-refractivity contribution in [1.29, 1.82) is 0 Å². The van der Waals surface area contributed by atoms with Crippen LogP contribution in [0.25, 0.3) is 0 Å². The first-order valence-corrected chi connectivity index (χ1v) is 11.0. The third kappa shape index (κ3) is 3.91. The Bertz CT molecular complexity index is 889. The molecule has 1 spiro atoms. The van der Waals surface area contributed by atoms with Gasteiger partial charge in [-0.25, -0.2) is 15.0 Å². The van der Waals surface area contributed by atoms with E-state index in [1.54, 1.807) is 13.2 Å². The smallest absolute Gasteiger partial charge is 0.157 e. The van der Waals surface area contributed by atoms with Gasteiger partial charge in [-0.05, 0) is 32.8 Å². The summed E-state index contributed by atoms with van der Waals surface area (Å²) in [6, 6.07) is 1.98. The molecule has 3 N–H and O–H groups in total. The average molecular weight is 434 g/mol. The van der Waals surface area contributed by atoms with E-state index in [0.717, 1.165) is 54.0 Å². The molecule has 7 nitrogen and oxygen atoms in total. The van der Waals surface area contributed by atoms with Crippen LogP contribution in [-0.4, -0.2) is 53.8 Å². The van der Waals surface area contributed by atoms with E-state index in [0.29, 0.717) is 10.8 Å². The number of nitrogens with one attached hydrogen (secondary N) is 1. The Hall–Kier alpha value is -1.61. The van der Waals surface area contributed by atoms with Gasteiger partial charge in [0.05, 0.1) is 23.4 Å². The van der Waals surface area contributed by atoms with Gasteiger partial charge in [-0.15, -0.1) is 0 Å². The minimum Gasteiger partial charge on any atom is -0.376 e. The second-order valence-electron chi connectivity index (χ2n) is 7.76. The van der Waals surface area contributed by atoms with Crippen LogP contribution in [0.2, 0.25) is 5.02 Å². The van der Waals surface area contributed by atoms with Crippen LogP contribution in [0.4, 0.5) is 11.6 Å². The lowest BCUT2D eigenvalue weighted by molar-refractivity contribution is 0.0974. The molecule has 2 fully saturated rings. The number of ether oxygens (including phenoxy) is 1. The monoisotopic (exact) mass is 433 g/mol. The highest BCUT2D eigenvalue weighted by atomic mass is 35.5. The van der Waals surface area contributed by atoms with Crippen molar-refractivity contribution < 1.29 is 4.74 Å². The fourth-order valence-electron chi connectivity index (χ4n) is 4.07. The molecule has 0 aromatic carbocycles. The molecule has 2 atom stereocenters. The summed E-state index contributed by atoms with van der Waals surface area (Å²) in [7, 11) is 1.80. The van der Waals surface area contributed by atoms with E-state index in [-0.39, 0.29) is 17.6 Å². The maximum absolute atomic E-state index is 6.42. The van der Waals surface area contributed by atoms with Crippen molar-refractivity contribution in [2.45, 2.75) is 48.8 Å². The van der Waals surface area contributed by atoms with Crippen LogP contribution in [0.5, 0.6) is 0 Å². The molecule has 0 saturated carbocycles. The summed E-state index contributed by atoms with van der Waals surface area (Å²) in [5.41, 5.74) is 7.37. The third-order valence-corrected chi connectivity index (χ3v) is 7.68. The molecule has 2 aromatic rings. The number of piperidine rings is 1. The summed E-state index contributed by atoms with van der Waals surface area (Å²) >= 11 is 7.89. The van der Waals surface area contributed by atoms with E-state index < -0.39 is 0 Å². The van der Waals surface area contributed by atoms with Gasteiger partial charge >= 0.3 is 0 Å². The van der Waals surface area contributed by atoms with E-state index in [1.165, 1.54) is 11.8 Å². The molecule has 0 bridgehead atoms. The highest BCUT2D eigenvalue weighted by molar-refractivity contribution is 7.99. The molecule has 2 aromatic heterocycles. The first kappa shape index (κ1) is 20.7. The predicted molar refractivity (Wildman–Crippen MR) is 116 cm³/mol. The number of halogens is 1. The standard InChI is InChI=1S/C20H26ClN6OS/c1-12-19(29-14-4-7-24-18(23-3)16(14)21)25-10-15(26-12)27-8-5-20(6-9-27)11-28-13(2)17(20)22/h4,7,13,17H,5-6,8-9,11,22H2,1-3H3,(H,23,24)/t13-,17+/m0/s1. The van der Waals surface area contributed by atoms with Crippen molar-refractivity contribution in [2.24, 2.45) is 11.1 Å². The fraction of sp³-hybridized carbons (Fsp3) is 0.550. The van der Waals surface area contributed by atoms with Crippen molar-refractivity contribution in [3.8, 4) is 0 Å². The predicted octanol–water partition coefficient (Wildman–Crippen LogP) is 3.16. The minimum absolute atomic E-state index is 0.0945. The normalized spacial score (nSPS) is 23.6. The highest BCUT2D eigenvalue weighted by Crippen LogP contribution is 2.42. The summed E-state index contributed by atoms with van der Waals surface area (Å²) in [4.78, 5) is 16.7. The molecule has 1 radical (unpaired) electrons. The molecule has 2 saturated heterocycles. The van der Waals surface area contributed by atoms with Gasteiger partial charge in [0.15, 0.2) is 5.82 Å². The molecule has 0 amide bonds. The first-order valence-electron chi connectivity index (χ1n) is 9.82. The zero-order valence-electron chi connectivity index (χ0n) is 16.9. The zero-order valence-corrected chi connectivity index (χ0v) is 18.5. The first-order chi connectivity index (χ1) is 13.9. The molecule has 4 rings (SSSR count). The van der Waals surface area contributed by atoms with Crippen LogP contribution in [-0.2, 0) is 4.74 Å². The Morgan fingerprint density at radius 3 is 2.79 bits per heavy atom. The zero-order chi connectivity index (χ0) is 20.6. The number of pyridine rings is 1. The summed E-state index contributed by atoms with van der Waals surface area (Å²) < 4.78 is 5.82. The van der Waals surface area contributed by atoms with Crippen molar-refractivity contribution in [3.63, 3.8) is 0 Å². The Labute approximate surface area is 180 Å². The summed E-state index contributed by atoms with van der Waals surface area (Å²) in [5.74, 6) is 1.44. The van der Waals surface area contributed by atoms with Crippen LogP contribution in [0, 0.1) is 18.5 Å². The van der Waals surface area contributed by atoms with Crippen molar-refractivity contribution >= 4 is 35.0 Å². The van der Waals surface area contributed by atoms with Crippen LogP contribution in [0.1, 0.15) is 25.5 Å². The Morgan fingerprint density at radius 1 is 1.41 bits per heavy atom. The SMILES string of the molecule is CNc1nccc(Sc2n[c]c(N3CCC4(CC3)CO[C@@H](C)[C@H]4N)nc2C)c1Cl. The molecular formula is C20H26ClN6OS. The number of anilines is 2. The molecular weight excluding hydrogens is 408 g/mol. The summed E-state index contributed by atoms with van der Waals surface area (Å²) in [5, 5.41) is 4.36. The van der Waals surface area contributed by atoms with Crippen LogP contribution >= 0.6 is 23.4 Å². The van der Waals surface area contributed by atoms with E-state index in [9.17, 15) is 0 Å². The number of nitrogens with two attached hydrogens (primary N) is 1. The molecule has 4 heterocycles. The number of aromatic nitrogens is 3. The maximum atomic E-state index is 6.42. The van der Waals surface area contributed by atoms with E-state index >= 15 is 0 Å². The van der Waals surface area contributed by atoms with Crippen LogP contribution < -0.4 is 16.0 Å². The van der Waals surface area contributed by atoms with Crippen LogP contribution in [0.3, 0.4) is 0 Å². The quantitative estimate of drug-likeness (QED) is 0.760. The van der Waals surface area contributed by atoms with Crippen molar-refractivity contribution in [1.82, 2.24) is 15.0 Å². The molecule has 0 unspecified atom stereocenters. The Balaban J connectivity index is 1.46. The van der Waals surface area contributed by atoms with Gasteiger partial charge in [-0.3, -0.25) is 0 Å². The molecule has 0 aliphatic carbocycles. The van der Waals surface area contributed by atoms with Gasteiger partial charge in [-0.2, -0.15) is 0 Å². The highest BCUT2D eigenvalue weighted by Gasteiger charge is 2.47. The number of hydrogen-bond acceptors (Lipinski definition) is 8. The molecule has 155 valence electrons. The van der Waals surface area contributed by atoms with E-state index in [2.05, 4.69) is 33.3 Å². The minimum atomic E-state index is 0.0945. The lowest BCUT2D eigenvalue weighted by atomic mass is 9.73. The van der Waals surface area contributed by atoms with Gasteiger partial charge in [0.1, 0.15) is 17.0 Å². The summed E-state index contributed by atoms with van der Waals surface area (Å²) in [6.45, 7) is 6.58. The lowest BCUT2D eigenvalue weighted by Gasteiger charge is -2.41. The van der Waals surface area contributed by atoms with Gasteiger partial charge in [-0.1, -0.05) is 23.4 Å². The van der Waals surface area contributed by atoms with E-state index in [1.807, 2.05) is 13.0 Å². The van der Waals surface area contributed by atoms with Crippen molar-refractivity contribution in [3.05, 3.63) is 29.2 Å². The molecule has 9 heteroatoms. The molecule has 29 heavy (non-hydrogen) atoms. The number of hydrogen-bond donors (Lipinski definition) is 2. The molecule has 2 aliphatic rings. The molecule has 2 aliphatic heterocycles.